The number of hydrogen-bond acceptors (Lipinski definition) is 2. The van der Waals surface area contributed by atoms with E-state index in [-0.39, 0.29) is 37.0 Å². The van der Waals surface area contributed by atoms with Crippen molar-refractivity contribution in [2.24, 2.45) is 0 Å². The van der Waals surface area contributed by atoms with Crippen LogP contribution in [-0.4, -0.2) is 22.2 Å². The number of rotatable bonds is 2. The maximum atomic E-state index is 10.6. The first kappa shape index (κ1) is 23.9. The van der Waals surface area contributed by atoms with Crippen molar-refractivity contribution in [3.63, 3.8) is 0 Å². The van der Waals surface area contributed by atoms with E-state index in [1.807, 2.05) is 0 Å². The zero-order valence-corrected chi connectivity index (χ0v) is 17.0. The maximum absolute atomic E-state index is 10.6. The van der Waals surface area contributed by atoms with Crippen molar-refractivity contribution >= 4 is 20.5 Å². The standard InChI is InChI=1S/C10H15.C8H8O4P.Fe/c1-6-7(2)9(4)10(5)8(6)3;1-3-4(2)6(8(11)12)13-5(3)7(9)10;/h1-5H3;1-2H3,(H,9,10)(H,11,12);. The fourth-order valence-corrected chi connectivity index (χ4v) is 3.54. The van der Waals surface area contributed by atoms with Gasteiger partial charge in [0.25, 0.3) is 0 Å². The fourth-order valence-electron chi connectivity index (χ4n) is 2.46. The second-order valence-electron chi connectivity index (χ2n) is 5.79. The molecule has 0 unspecified atom stereocenters. The summed E-state index contributed by atoms with van der Waals surface area (Å²) in [6.07, 6.45) is 0. The molecule has 132 valence electrons. The van der Waals surface area contributed by atoms with Gasteiger partial charge in [0.1, 0.15) is 11.3 Å². The minimum absolute atomic E-state index is 0. The molecule has 4 nitrogen and oxygen atoms in total. The average Bonchev–Trinajstić information content (AvgIpc) is 2.87. The first-order valence-corrected chi connectivity index (χ1v) is 8.20. The fraction of sp³-hybridized carbons (Fsp3) is 0.389. The Hall–Kier alpha value is -0.111. The molecule has 0 spiro atoms. The van der Waals surface area contributed by atoms with Crippen molar-refractivity contribution in [2.75, 3.05) is 0 Å². The summed E-state index contributed by atoms with van der Waals surface area (Å²) in [5.41, 5.74) is 0.324. The molecule has 2 aliphatic rings. The Bertz CT molecular complexity index is 376. The van der Waals surface area contributed by atoms with Crippen LogP contribution >= 0.6 is 8.58 Å². The molecule has 10 radical (unpaired) electrons. The van der Waals surface area contributed by atoms with Gasteiger partial charge in [-0.1, -0.05) is 48.5 Å². The van der Waals surface area contributed by atoms with Gasteiger partial charge in [0.2, 0.25) is 0 Å². The molecule has 0 aromatic heterocycles. The van der Waals surface area contributed by atoms with Gasteiger partial charge in [-0.15, -0.1) is 0 Å². The molecule has 0 bridgehead atoms. The molecule has 1 saturated heterocycles. The van der Waals surface area contributed by atoms with Crippen molar-refractivity contribution in [1.29, 1.82) is 0 Å². The van der Waals surface area contributed by atoms with E-state index < -0.39 is 11.9 Å². The van der Waals surface area contributed by atoms with Gasteiger partial charge < -0.3 is 10.2 Å². The van der Waals surface area contributed by atoms with Gasteiger partial charge >= 0.3 is 11.9 Å². The minimum Gasteiger partial charge on any atom is -0.480 e. The first-order valence-electron chi connectivity index (χ1n) is 7.30. The van der Waals surface area contributed by atoms with Crippen LogP contribution < -0.4 is 0 Å². The molecule has 0 aromatic rings. The molecule has 1 aliphatic carbocycles. The van der Waals surface area contributed by atoms with Gasteiger partial charge in [-0.2, -0.15) is 0 Å². The number of aliphatic carboxylic acids is 2. The number of carbonyl (C=O) groups is 2. The monoisotopic (exact) mass is 390 g/mol. The van der Waals surface area contributed by atoms with E-state index in [1.165, 1.54) is 29.6 Å². The minimum atomic E-state index is -1.05. The summed E-state index contributed by atoms with van der Waals surface area (Å²) < 4.78 is 0. The molecular weight excluding hydrogens is 367 g/mol. The van der Waals surface area contributed by atoms with Gasteiger partial charge in [-0.05, 0) is 38.2 Å². The molecule has 1 saturated carbocycles. The van der Waals surface area contributed by atoms with Crippen LogP contribution in [0, 0.1) is 52.7 Å². The van der Waals surface area contributed by atoms with Crippen molar-refractivity contribution in [3.05, 3.63) is 52.7 Å². The molecule has 2 N–H and O–H groups in total. The molecule has 1 aliphatic heterocycles. The van der Waals surface area contributed by atoms with E-state index >= 15 is 0 Å². The molecule has 2 fully saturated rings. The van der Waals surface area contributed by atoms with E-state index in [0.717, 1.165) is 0 Å². The van der Waals surface area contributed by atoms with Crippen LogP contribution in [0.5, 0.6) is 0 Å². The summed E-state index contributed by atoms with van der Waals surface area (Å²) in [7, 11) is 0.288. The number of carboxylic acid groups (broad SMARTS) is 2. The Morgan fingerprint density at radius 2 is 0.792 bits per heavy atom. The molecule has 6 heteroatoms. The third-order valence-corrected chi connectivity index (χ3v) is 6.21. The van der Waals surface area contributed by atoms with Gasteiger partial charge in [0.15, 0.2) is 0 Å². The summed E-state index contributed by atoms with van der Waals surface area (Å²) in [5, 5.41) is 17.4. The Balaban J connectivity index is 0.000000436. The van der Waals surface area contributed by atoms with E-state index in [4.69, 9.17) is 10.2 Å². The van der Waals surface area contributed by atoms with E-state index in [2.05, 4.69) is 34.6 Å². The SMILES string of the molecule is C[C]1[C](C)[C](C(=O)O)[P][C]1C(=O)O.C[C]1[C](C)[C](C)[C](C)[C]1C.[Fe]. The van der Waals surface area contributed by atoms with Gasteiger partial charge in [0, 0.05) is 28.9 Å². The first-order chi connectivity index (χ1) is 10.5. The topological polar surface area (TPSA) is 74.6 Å². The zero-order valence-electron chi connectivity index (χ0n) is 15.0. The van der Waals surface area contributed by atoms with Gasteiger partial charge in [-0.3, -0.25) is 9.59 Å². The van der Waals surface area contributed by atoms with Crippen LogP contribution in [0.4, 0.5) is 0 Å². The van der Waals surface area contributed by atoms with Crippen molar-refractivity contribution in [1.82, 2.24) is 0 Å². The van der Waals surface area contributed by atoms with Crippen molar-refractivity contribution < 1.29 is 36.9 Å². The third kappa shape index (κ3) is 4.96. The van der Waals surface area contributed by atoms with E-state index in [0.29, 0.717) is 11.8 Å². The van der Waals surface area contributed by atoms with Crippen LogP contribution in [0.15, 0.2) is 0 Å². The third-order valence-electron chi connectivity index (χ3n) is 4.71. The Kier molecular flexibility index (Phi) is 9.51. The smallest absolute Gasteiger partial charge is 0.316 e. The molecule has 0 aromatic carbocycles. The summed E-state index contributed by atoms with van der Waals surface area (Å²) in [6, 6.07) is 0. The van der Waals surface area contributed by atoms with Crippen molar-refractivity contribution in [3.8, 4) is 0 Å². The summed E-state index contributed by atoms with van der Waals surface area (Å²) >= 11 is 0. The summed E-state index contributed by atoms with van der Waals surface area (Å²) in [4.78, 5) is 21.3. The van der Waals surface area contributed by atoms with Crippen LogP contribution in [0.3, 0.4) is 0 Å². The molecule has 0 amide bonds. The Morgan fingerprint density at radius 3 is 0.917 bits per heavy atom. The largest absolute Gasteiger partial charge is 0.480 e. The van der Waals surface area contributed by atoms with Crippen LogP contribution in [0.1, 0.15) is 48.5 Å². The Morgan fingerprint density at radius 1 is 0.583 bits per heavy atom. The second kappa shape index (κ2) is 9.55. The number of carboxylic acids is 2. The van der Waals surface area contributed by atoms with E-state index in [1.54, 1.807) is 13.8 Å². The Labute approximate surface area is 158 Å². The number of hydrogen-bond donors (Lipinski definition) is 2. The molecule has 2 rings (SSSR count). The van der Waals surface area contributed by atoms with Gasteiger partial charge in [0.05, 0.1) is 0 Å². The average molecular weight is 390 g/mol. The predicted molar refractivity (Wildman–Crippen MR) is 91.1 cm³/mol. The predicted octanol–water partition coefficient (Wildman–Crippen LogP) is 4.34. The van der Waals surface area contributed by atoms with E-state index in [9.17, 15) is 9.59 Å². The van der Waals surface area contributed by atoms with Crippen LogP contribution in [0.25, 0.3) is 0 Å². The van der Waals surface area contributed by atoms with Crippen molar-refractivity contribution in [2.45, 2.75) is 48.5 Å². The second-order valence-corrected chi connectivity index (χ2v) is 6.91. The zero-order chi connectivity index (χ0) is 18.1. The summed E-state index contributed by atoms with van der Waals surface area (Å²) in [5.74, 6) is 6.37. The maximum Gasteiger partial charge on any atom is 0.316 e. The van der Waals surface area contributed by atoms with Gasteiger partial charge in [-0.25, -0.2) is 0 Å². The summed E-state index contributed by atoms with van der Waals surface area (Å²) in [6.45, 7) is 14.2. The normalized spacial score (nSPS) is 24.0. The molecule has 24 heavy (non-hydrogen) atoms. The van der Waals surface area contributed by atoms with Crippen LogP contribution in [0.2, 0.25) is 0 Å². The van der Waals surface area contributed by atoms with Crippen LogP contribution in [-0.2, 0) is 26.7 Å². The quantitative estimate of drug-likeness (QED) is 0.544. The molecule has 1 heterocycles. The molecular formula is C18H23FeO4P. The molecule has 0 atom stereocenters.